The summed E-state index contributed by atoms with van der Waals surface area (Å²) in [6.07, 6.45) is 8.42. The Balaban J connectivity index is 1.99. The highest BCUT2D eigenvalue weighted by Gasteiger charge is 2.38. The van der Waals surface area contributed by atoms with Crippen LogP contribution in [-0.4, -0.2) is 23.5 Å². The van der Waals surface area contributed by atoms with E-state index in [0.29, 0.717) is 12.1 Å². The van der Waals surface area contributed by atoms with E-state index in [1.165, 1.54) is 29.2 Å². The third kappa shape index (κ3) is 3.91. The van der Waals surface area contributed by atoms with Crippen LogP contribution in [0.1, 0.15) is 70.6 Å². The fourth-order valence-electron chi connectivity index (χ4n) is 4.41. The zero-order valence-electron chi connectivity index (χ0n) is 17.6. The van der Waals surface area contributed by atoms with Crippen LogP contribution in [0.3, 0.4) is 0 Å². The minimum absolute atomic E-state index is 0.0908. The van der Waals surface area contributed by atoms with Gasteiger partial charge >= 0.3 is 5.97 Å². The summed E-state index contributed by atoms with van der Waals surface area (Å²) >= 11 is 0. The lowest BCUT2D eigenvalue weighted by Gasteiger charge is -2.43. The highest BCUT2D eigenvalue weighted by molar-refractivity contribution is 6.02. The zero-order valence-corrected chi connectivity index (χ0v) is 17.6. The van der Waals surface area contributed by atoms with Crippen LogP contribution in [-0.2, 0) is 26.8 Å². The van der Waals surface area contributed by atoms with Gasteiger partial charge < -0.3 is 10.0 Å². The Hall–Kier alpha value is -2.36. The number of aliphatic carboxylic acids is 1. The van der Waals surface area contributed by atoms with Crippen LogP contribution in [0.2, 0.25) is 0 Å². The molecule has 1 aromatic rings. The van der Waals surface area contributed by atoms with E-state index in [-0.39, 0.29) is 16.7 Å². The number of fused-ring (bicyclic) bond motifs is 2. The SMILES string of the molecule is CC(/C=C/C(=O)N1CCCc2cc3c(cc21)C(C)(C)CCC3(C)C)=C\C(=O)O. The fourth-order valence-corrected chi connectivity index (χ4v) is 4.41. The minimum atomic E-state index is -1.01. The van der Waals surface area contributed by atoms with Crippen molar-refractivity contribution in [1.82, 2.24) is 0 Å². The first-order valence-corrected chi connectivity index (χ1v) is 10.1. The van der Waals surface area contributed by atoms with Gasteiger partial charge in [-0.25, -0.2) is 4.79 Å². The summed E-state index contributed by atoms with van der Waals surface area (Å²) in [5.41, 5.74) is 5.85. The molecule has 1 aliphatic carbocycles. The quantitative estimate of drug-likeness (QED) is 0.598. The van der Waals surface area contributed by atoms with Crippen LogP contribution in [0.25, 0.3) is 0 Å². The van der Waals surface area contributed by atoms with Gasteiger partial charge in [-0.2, -0.15) is 0 Å². The summed E-state index contributed by atoms with van der Waals surface area (Å²) in [6, 6.07) is 4.58. The van der Waals surface area contributed by atoms with Crippen molar-refractivity contribution in [3.63, 3.8) is 0 Å². The summed E-state index contributed by atoms with van der Waals surface area (Å²) < 4.78 is 0. The van der Waals surface area contributed by atoms with Gasteiger partial charge in [0.15, 0.2) is 0 Å². The van der Waals surface area contributed by atoms with Crippen molar-refractivity contribution in [1.29, 1.82) is 0 Å². The summed E-state index contributed by atoms with van der Waals surface area (Å²) in [4.78, 5) is 25.5. The van der Waals surface area contributed by atoms with Crippen LogP contribution in [0.5, 0.6) is 0 Å². The number of anilines is 1. The average Bonchev–Trinajstić information content (AvgIpc) is 2.61. The van der Waals surface area contributed by atoms with Crippen molar-refractivity contribution >= 4 is 17.6 Å². The van der Waals surface area contributed by atoms with Crippen molar-refractivity contribution in [3.05, 3.63) is 52.6 Å². The number of carboxylic acids is 1. The highest BCUT2D eigenvalue weighted by atomic mass is 16.4. The number of hydrogen-bond acceptors (Lipinski definition) is 2. The minimum Gasteiger partial charge on any atom is -0.478 e. The lowest BCUT2D eigenvalue weighted by Crippen LogP contribution is -2.38. The Morgan fingerprint density at radius 1 is 1.04 bits per heavy atom. The van der Waals surface area contributed by atoms with Crippen LogP contribution < -0.4 is 4.90 Å². The molecule has 0 radical (unpaired) electrons. The summed E-state index contributed by atoms with van der Waals surface area (Å²) in [5.74, 6) is -1.10. The number of aryl methyl sites for hydroxylation is 1. The van der Waals surface area contributed by atoms with Crippen molar-refractivity contribution in [2.75, 3.05) is 11.4 Å². The van der Waals surface area contributed by atoms with E-state index in [1.54, 1.807) is 13.0 Å². The molecule has 0 fully saturated rings. The van der Waals surface area contributed by atoms with E-state index in [9.17, 15) is 9.59 Å². The number of benzene rings is 1. The molecule has 3 rings (SSSR count). The molecule has 4 nitrogen and oxygen atoms in total. The smallest absolute Gasteiger partial charge is 0.328 e. The number of carbonyl (C=O) groups is 2. The normalized spacial score (nSPS) is 20.6. The molecule has 1 aromatic carbocycles. The van der Waals surface area contributed by atoms with Crippen molar-refractivity contribution in [2.45, 2.75) is 71.1 Å². The Kier molecular flexibility index (Phi) is 5.26. The molecule has 0 saturated carbocycles. The molecule has 150 valence electrons. The molecular formula is C24H31NO3. The highest BCUT2D eigenvalue weighted by Crippen LogP contribution is 2.48. The van der Waals surface area contributed by atoms with E-state index in [2.05, 4.69) is 39.8 Å². The fraction of sp³-hybridized carbons (Fsp3) is 0.500. The Bertz CT molecular complexity index is 874. The summed E-state index contributed by atoms with van der Waals surface area (Å²) in [7, 11) is 0. The molecule has 1 heterocycles. The first-order valence-electron chi connectivity index (χ1n) is 10.1. The van der Waals surface area contributed by atoms with E-state index < -0.39 is 5.97 Å². The van der Waals surface area contributed by atoms with E-state index in [0.717, 1.165) is 31.0 Å². The van der Waals surface area contributed by atoms with E-state index in [1.807, 2.05) is 4.90 Å². The predicted octanol–water partition coefficient (Wildman–Crippen LogP) is 4.90. The molecule has 0 unspecified atom stereocenters. The second-order valence-electron chi connectivity index (χ2n) is 9.45. The standard InChI is InChI=1S/C24H31NO3/c1-16(13-22(27)28)8-9-21(26)25-12-6-7-17-14-18-19(15-20(17)25)24(4,5)11-10-23(18,2)3/h8-9,13-15H,6-7,10-12H2,1-5H3,(H,27,28)/b9-8+,16-13+. The largest absolute Gasteiger partial charge is 0.478 e. The van der Waals surface area contributed by atoms with Gasteiger partial charge in [0.05, 0.1) is 0 Å². The van der Waals surface area contributed by atoms with Crippen LogP contribution in [0.4, 0.5) is 5.69 Å². The Morgan fingerprint density at radius 3 is 2.25 bits per heavy atom. The molecule has 28 heavy (non-hydrogen) atoms. The number of allylic oxidation sites excluding steroid dienone is 2. The molecule has 2 aliphatic rings. The van der Waals surface area contributed by atoms with Gasteiger partial charge in [0, 0.05) is 24.4 Å². The maximum absolute atomic E-state index is 12.9. The van der Waals surface area contributed by atoms with Gasteiger partial charge in [0.2, 0.25) is 0 Å². The maximum Gasteiger partial charge on any atom is 0.328 e. The van der Waals surface area contributed by atoms with Gasteiger partial charge in [-0.1, -0.05) is 39.8 Å². The molecule has 0 aromatic heterocycles. The number of amides is 1. The topological polar surface area (TPSA) is 57.6 Å². The van der Waals surface area contributed by atoms with E-state index in [4.69, 9.17) is 5.11 Å². The van der Waals surface area contributed by atoms with E-state index >= 15 is 0 Å². The lowest BCUT2D eigenvalue weighted by atomic mass is 9.62. The van der Waals surface area contributed by atoms with Crippen molar-refractivity contribution < 1.29 is 14.7 Å². The number of hydrogen-bond donors (Lipinski definition) is 1. The lowest BCUT2D eigenvalue weighted by molar-refractivity contribution is -0.131. The number of carbonyl (C=O) groups excluding carboxylic acids is 1. The molecule has 1 N–H and O–H groups in total. The summed E-state index contributed by atoms with van der Waals surface area (Å²) in [6.45, 7) is 11.6. The average molecular weight is 382 g/mol. The van der Waals surface area contributed by atoms with Crippen LogP contribution in [0, 0.1) is 0 Å². The first kappa shape index (κ1) is 20.4. The van der Waals surface area contributed by atoms with Crippen molar-refractivity contribution in [3.8, 4) is 0 Å². The molecular weight excluding hydrogens is 350 g/mol. The molecule has 0 bridgehead atoms. The number of carboxylic acid groups (broad SMARTS) is 1. The van der Waals surface area contributed by atoms with Gasteiger partial charge in [-0.05, 0) is 71.8 Å². The van der Waals surface area contributed by atoms with Gasteiger partial charge in [0.25, 0.3) is 5.91 Å². The maximum atomic E-state index is 12.9. The van der Waals surface area contributed by atoms with Crippen molar-refractivity contribution in [2.24, 2.45) is 0 Å². The monoisotopic (exact) mass is 381 g/mol. The molecule has 0 atom stereocenters. The molecule has 0 saturated heterocycles. The Labute approximate surface area is 167 Å². The van der Waals surface area contributed by atoms with Gasteiger partial charge in [0.1, 0.15) is 0 Å². The summed E-state index contributed by atoms with van der Waals surface area (Å²) in [5, 5.41) is 8.83. The molecule has 0 spiro atoms. The third-order valence-corrected chi connectivity index (χ3v) is 6.28. The Morgan fingerprint density at radius 2 is 1.64 bits per heavy atom. The zero-order chi connectivity index (χ0) is 20.7. The number of rotatable bonds is 3. The van der Waals surface area contributed by atoms with Crippen LogP contribution in [0.15, 0.2) is 35.9 Å². The first-order chi connectivity index (χ1) is 13.0. The molecule has 1 aliphatic heterocycles. The molecule has 1 amide bonds. The predicted molar refractivity (Wildman–Crippen MR) is 113 cm³/mol. The van der Waals surface area contributed by atoms with Crippen LogP contribution >= 0.6 is 0 Å². The third-order valence-electron chi connectivity index (χ3n) is 6.28. The van der Waals surface area contributed by atoms with Gasteiger partial charge in [-0.15, -0.1) is 0 Å². The number of nitrogens with zero attached hydrogens (tertiary/aromatic N) is 1. The second kappa shape index (κ2) is 7.23. The second-order valence-corrected chi connectivity index (χ2v) is 9.45. The molecule has 4 heteroatoms. The van der Waals surface area contributed by atoms with Gasteiger partial charge in [-0.3, -0.25) is 4.79 Å².